The summed E-state index contributed by atoms with van der Waals surface area (Å²) in [5.74, 6) is -1.18. The number of carboxylic acids is 1. The van der Waals surface area contributed by atoms with Gasteiger partial charge in [-0.1, -0.05) is 44.4 Å². The van der Waals surface area contributed by atoms with Crippen molar-refractivity contribution in [1.82, 2.24) is 10.2 Å². The largest absolute Gasteiger partial charge is 0.480 e. The summed E-state index contributed by atoms with van der Waals surface area (Å²) in [5, 5.41) is 12.0. The normalized spacial score (nSPS) is 25.5. The van der Waals surface area contributed by atoms with E-state index in [9.17, 15) is 19.5 Å². The van der Waals surface area contributed by atoms with Crippen LogP contribution in [0.3, 0.4) is 0 Å². The second-order valence-electron chi connectivity index (χ2n) is 7.63. The van der Waals surface area contributed by atoms with Crippen molar-refractivity contribution in [2.24, 2.45) is 5.92 Å². The molecular weight excluding hydrogens is 344 g/mol. The van der Waals surface area contributed by atoms with Gasteiger partial charge in [0.2, 0.25) is 5.91 Å². The zero-order valence-corrected chi connectivity index (χ0v) is 15.8. The van der Waals surface area contributed by atoms with Crippen molar-refractivity contribution in [2.45, 2.75) is 70.0 Å². The molecule has 1 aliphatic heterocycles. The lowest BCUT2D eigenvalue weighted by atomic mass is 9.84. The number of rotatable bonds is 6. The average molecular weight is 372 g/mol. The van der Waals surface area contributed by atoms with E-state index < -0.39 is 18.1 Å². The number of hydrogen-bond acceptors (Lipinski definition) is 3. The lowest BCUT2D eigenvalue weighted by Gasteiger charge is -2.34. The third-order valence-electron chi connectivity index (χ3n) is 5.84. The second-order valence-corrected chi connectivity index (χ2v) is 7.63. The predicted octanol–water partition coefficient (Wildman–Crippen LogP) is 2.83. The highest BCUT2D eigenvalue weighted by Gasteiger charge is 2.47. The van der Waals surface area contributed by atoms with Gasteiger partial charge in [-0.05, 0) is 43.7 Å². The van der Waals surface area contributed by atoms with Gasteiger partial charge in [0, 0.05) is 11.6 Å². The van der Waals surface area contributed by atoms with Crippen molar-refractivity contribution >= 4 is 17.8 Å². The SMILES string of the molecule is CCCC(NC(=O)C1CC2CCCCC2N1C(=O)c1ccccc1)C(=O)O. The number of hydrogen-bond donors (Lipinski definition) is 2. The number of aliphatic carboxylic acids is 1. The summed E-state index contributed by atoms with van der Waals surface area (Å²) in [6, 6.07) is 7.60. The van der Waals surface area contributed by atoms with Gasteiger partial charge in [0.25, 0.3) is 5.91 Å². The molecule has 1 aromatic rings. The topological polar surface area (TPSA) is 86.7 Å². The first-order valence-corrected chi connectivity index (χ1v) is 9.93. The summed E-state index contributed by atoms with van der Waals surface area (Å²) in [6.45, 7) is 1.89. The smallest absolute Gasteiger partial charge is 0.326 e. The van der Waals surface area contributed by atoms with Crippen LogP contribution in [0.4, 0.5) is 0 Å². The molecule has 1 heterocycles. The zero-order chi connectivity index (χ0) is 19.4. The molecule has 2 fully saturated rings. The van der Waals surface area contributed by atoms with Crippen LogP contribution in [0.1, 0.15) is 62.2 Å². The van der Waals surface area contributed by atoms with Crippen LogP contribution >= 0.6 is 0 Å². The Hall–Kier alpha value is -2.37. The molecule has 146 valence electrons. The van der Waals surface area contributed by atoms with Crippen molar-refractivity contribution in [2.75, 3.05) is 0 Å². The molecular formula is C21H28N2O4. The van der Waals surface area contributed by atoms with Gasteiger partial charge in [0.05, 0.1) is 0 Å². The van der Waals surface area contributed by atoms with E-state index in [4.69, 9.17) is 0 Å². The average Bonchev–Trinajstić information content (AvgIpc) is 3.07. The molecule has 1 aromatic carbocycles. The van der Waals surface area contributed by atoms with Gasteiger partial charge < -0.3 is 15.3 Å². The standard InChI is InChI=1S/C21H28N2O4/c1-2-8-16(21(26)27)22-19(24)18-13-15-11-6-7-12-17(15)23(18)20(25)14-9-4-3-5-10-14/h3-5,9-10,15-18H,2,6-8,11-13H2,1H3,(H,22,24)(H,26,27). The molecule has 1 aliphatic carbocycles. The molecule has 0 aromatic heterocycles. The molecule has 3 rings (SSSR count). The summed E-state index contributed by atoms with van der Waals surface area (Å²) in [4.78, 5) is 39.3. The molecule has 27 heavy (non-hydrogen) atoms. The molecule has 6 heteroatoms. The summed E-state index contributed by atoms with van der Waals surface area (Å²) < 4.78 is 0. The maximum atomic E-state index is 13.2. The van der Waals surface area contributed by atoms with Crippen molar-refractivity contribution in [3.8, 4) is 0 Å². The number of carbonyl (C=O) groups is 3. The summed E-state index contributed by atoms with van der Waals surface area (Å²) in [6.07, 6.45) is 5.77. The fourth-order valence-electron chi connectivity index (χ4n) is 4.53. The number of fused-ring (bicyclic) bond motifs is 1. The number of likely N-dealkylation sites (tertiary alicyclic amines) is 1. The number of carboxylic acid groups (broad SMARTS) is 1. The van der Waals surface area contributed by atoms with E-state index in [0.29, 0.717) is 30.7 Å². The number of benzene rings is 1. The first-order valence-electron chi connectivity index (χ1n) is 9.93. The summed E-state index contributed by atoms with van der Waals surface area (Å²) in [7, 11) is 0. The van der Waals surface area contributed by atoms with Crippen molar-refractivity contribution in [3.63, 3.8) is 0 Å². The molecule has 6 nitrogen and oxygen atoms in total. The quantitative estimate of drug-likeness (QED) is 0.804. The van der Waals surface area contributed by atoms with Crippen LogP contribution in [0.2, 0.25) is 0 Å². The minimum absolute atomic E-state index is 0.0664. The third kappa shape index (κ3) is 4.15. The maximum Gasteiger partial charge on any atom is 0.326 e. The molecule has 2 N–H and O–H groups in total. The predicted molar refractivity (Wildman–Crippen MR) is 101 cm³/mol. The van der Waals surface area contributed by atoms with E-state index in [2.05, 4.69) is 5.32 Å². The van der Waals surface area contributed by atoms with E-state index in [1.54, 1.807) is 17.0 Å². The highest BCUT2D eigenvalue weighted by atomic mass is 16.4. The number of carbonyl (C=O) groups excluding carboxylic acids is 2. The van der Waals surface area contributed by atoms with Crippen LogP contribution in [-0.4, -0.2) is 45.9 Å². The van der Waals surface area contributed by atoms with Crippen LogP contribution in [0, 0.1) is 5.92 Å². The molecule has 4 unspecified atom stereocenters. The van der Waals surface area contributed by atoms with Gasteiger partial charge in [0.1, 0.15) is 12.1 Å². The first kappa shape index (κ1) is 19.4. The molecule has 4 atom stereocenters. The molecule has 2 amide bonds. The van der Waals surface area contributed by atoms with Crippen molar-refractivity contribution in [1.29, 1.82) is 0 Å². The summed E-state index contributed by atoms with van der Waals surface area (Å²) >= 11 is 0. The minimum atomic E-state index is -1.03. The number of nitrogens with one attached hydrogen (secondary N) is 1. The summed E-state index contributed by atoms with van der Waals surface area (Å²) in [5.41, 5.74) is 0.574. The molecule has 1 saturated carbocycles. The lowest BCUT2D eigenvalue weighted by Crippen LogP contribution is -2.52. The Morgan fingerprint density at radius 2 is 1.89 bits per heavy atom. The third-order valence-corrected chi connectivity index (χ3v) is 5.84. The Bertz CT molecular complexity index is 691. The van der Waals surface area contributed by atoms with Crippen molar-refractivity contribution < 1.29 is 19.5 Å². The molecule has 0 radical (unpaired) electrons. The molecule has 0 bridgehead atoms. The van der Waals surface area contributed by atoms with E-state index in [0.717, 1.165) is 25.7 Å². The van der Waals surface area contributed by atoms with Gasteiger partial charge in [0.15, 0.2) is 0 Å². The second kappa shape index (κ2) is 8.55. The van der Waals surface area contributed by atoms with Gasteiger partial charge in [-0.25, -0.2) is 4.79 Å². The van der Waals surface area contributed by atoms with Crippen LogP contribution < -0.4 is 5.32 Å². The van der Waals surface area contributed by atoms with Gasteiger partial charge >= 0.3 is 5.97 Å². The lowest BCUT2D eigenvalue weighted by molar-refractivity contribution is -0.142. The number of nitrogens with zero attached hydrogens (tertiary/aromatic N) is 1. The molecule has 2 aliphatic rings. The van der Waals surface area contributed by atoms with Crippen LogP contribution in [0.5, 0.6) is 0 Å². The fourth-order valence-corrected chi connectivity index (χ4v) is 4.53. The highest BCUT2D eigenvalue weighted by molar-refractivity contribution is 5.98. The van der Waals surface area contributed by atoms with E-state index in [1.807, 2.05) is 25.1 Å². The van der Waals surface area contributed by atoms with E-state index >= 15 is 0 Å². The van der Waals surface area contributed by atoms with Gasteiger partial charge in [-0.15, -0.1) is 0 Å². The molecule has 0 spiro atoms. The first-order chi connectivity index (χ1) is 13.0. The van der Waals surface area contributed by atoms with Crippen LogP contribution in [-0.2, 0) is 9.59 Å². The zero-order valence-electron chi connectivity index (χ0n) is 15.8. The molecule has 1 saturated heterocycles. The van der Waals surface area contributed by atoms with E-state index in [1.165, 1.54) is 0 Å². The highest BCUT2D eigenvalue weighted by Crippen LogP contribution is 2.40. The van der Waals surface area contributed by atoms with Gasteiger partial charge in [-0.2, -0.15) is 0 Å². The number of amides is 2. The maximum absolute atomic E-state index is 13.2. The van der Waals surface area contributed by atoms with Gasteiger partial charge in [-0.3, -0.25) is 9.59 Å². The minimum Gasteiger partial charge on any atom is -0.480 e. The van der Waals surface area contributed by atoms with Crippen molar-refractivity contribution in [3.05, 3.63) is 35.9 Å². The Labute approximate surface area is 159 Å². The Morgan fingerprint density at radius 1 is 1.19 bits per heavy atom. The van der Waals surface area contributed by atoms with Crippen LogP contribution in [0.15, 0.2) is 30.3 Å². The monoisotopic (exact) mass is 372 g/mol. The fraction of sp³-hybridized carbons (Fsp3) is 0.571. The Morgan fingerprint density at radius 3 is 2.56 bits per heavy atom. The Balaban J connectivity index is 1.83. The van der Waals surface area contributed by atoms with E-state index in [-0.39, 0.29) is 17.9 Å². The Kier molecular flexibility index (Phi) is 6.14. The van der Waals surface area contributed by atoms with Crippen LogP contribution in [0.25, 0.3) is 0 Å².